The Morgan fingerprint density at radius 2 is 1.71 bits per heavy atom. The van der Waals surface area contributed by atoms with Crippen molar-refractivity contribution < 1.29 is 9.84 Å². The lowest BCUT2D eigenvalue weighted by atomic mass is 9.96. The Hall–Kier alpha value is -0.900. The molecule has 0 saturated heterocycles. The molecule has 1 aromatic carbocycles. The lowest BCUT2D eigenvalue weighted by molar-refractivity contribution is 0.0272. The van der Waals surface area contributed by atoms with Gasteiger partial charge in [-0.1, -0.05) is 62.4 Å². The SMILES string of the molecule is OC(CNC1CCCCCCC1)COCc1ccccc1. The van der Waals surface area contributed by atoms with Crippen molar-refractivity contribution in [1.82, 2.24) is 5.32 Å². The quantitative estimate of drug-likeness (QED) is 0.810. The molecule has 3 heteroatoms. The Morgan fingerprint density at radius 1 is 1.05 bits per heavy atom. The zero-order chi connectivity index (χ0) is 14.8. The molecule has 0 spiro atoms. The summed E-state index contributed by atoms with van der Waals surface area (Å²) in [7, 11) is 0. The molecule has 0 aromatic heterocycles. The van der Waals surface area contributed by atoms with Crippen molar-refractivity contribution in [1.29, 1.82) is 0 Å². The molecule has 21 heavy (non-hydrogen) atoms. The van der Waals surface area contributed by atoms with E-state index in [2.05, 4.69) is 5.32 Å². The smallest absolute Gasteiger partial charge is 0.0897 e. The van der Waals surface area contributed by atoms with Gasteiger partial charge < -0.3 is 15.2 Å². The second kappa shape index (κ2) is 9.93. The van der Waals surface area contributed by atoms with E-state index in [9.17, 15) is 5.11 Å². The molecule has 118 valence electrons. The monoisotopic (exact) mass is 291 g/mol. The molecule has 1 aromatic rings. The first kappa shape index (κ1) is 16.5. The maximum absolute atomic E-state index is 10.00. The van der Waals surface area contributed by atoms with Crippen molar-refractivity contribution in [3.8, 4) is 0 Å². The fourth-order valence-corrected chi connectivity index (χ4v) is 2.91. The van der Waals surface area contributed by atoms with Crippen LogP contribution in [0.25, 0.3) is 0 Å². The molecule has 0 amide bonds. The Bertz CT molecular complexity index is 361. The number of hydrogen-bond acceptors (Lipinski definition) is 3. The van der Waals surface area contributed by atoms with Gasteiger partial charge in [0.1, 0.15) is 0 Å². The molecule has 0 aliphatic heterocycles. The molecule has 0 heterocycles. The van der Waals surface area contributed by atoms with Crippen LogP contribution in [-0.4, -0.2) is 30.4 Å². The first-order valence-electron chi connectivity index (χ1n) is 8.38. The van der Waals surface area contributed by atoms with E-state index in [4.69, 9.17) is 4.74 Å². The minimum Gasteiger partial charge on any atom is -0.389 e. The number of nitrogens with one attached hydrogen (secondary N) is 1. The van der Waals surface area contributed by atoms with Gasteiger partial charge in [0.2, 0.25) is 0 Å². The summed E-state index contributed by atoms with van der Waals surface area (Å²) in [5, 5.41) is 13.5. The van der Waals surface area contributed by atoms with Crippen molar-refractivity contribution in [3.05, 3.63) is 35.9 Å². The number of rotatable bonds is 7. The molecule has 0 bridgehead atoms. The summed E-state index contributed by atoms with van der Waals surface area (Å²) in [5.41, 5.74) is 1.15. The van der Waals surface area contributed by atoms with Crippen LogP contribution in [0.2, 0.25) is 0 Å². The van der Waals surface area contributed by atoms with Gasteiger partial charge >= 0.3 is 0 Å². The second-order valence-electron chi connectivity index (χ2n) is 6.10. The molecule has 2 N–H and O–H groups in total. The van der Waals surface area contributed by atoms with Crippen molar-refractivity contribution in [2.24, 2.45) is 0 Å². The first-order valence-corrected chi connectivity index (χ1v) is 8.38. The van der Waals surface area contributed by atoms with Gasteiger partial charge in [-0.2, -0.15) is 0 Å². The molecule has 0 radical (unpaired) electrons. The summed E-state index contributed by atoms with van der Waals surface area (Å²) in [5.74, 6) is 0. The molecule has 1 fully saturated rings. The second-order valence-corrected chi connectivity index (χ2v) is 6.10. The lowest BCUT2D eigenvalue weighted by Crippen LogP contribution is -2.37. The Kier molecular flexibility index (Phi) is 7.79. The van der Waals surface area contributed by atoms with E-state index in [1.807, 2.05) is 30.3 Å². The molecule has 1 atom stereocenters. The van der Waals surface area contributed by atoms with Gasteiger partial charge in [0.05, 0.1) is 19.3 Å². The molecular formula is C18H29NO2. The maximum Gasteiger partial charge on any atom is 0.0897 e. The zero-order valence-corrected chi connectivity index (χ0v) is 13.0. The summed E-state index contributed by atoms with van der Waals surface area (Å²) < 4.78 is 5.58. The predicted octanol–water partition coefficient (Wildman–Crippen LogP) is 3.27. The largest absolute Gasteiger partial charge is 0.389 e. The van der Waals surface area contributed by atoms with Gasteiger partial charge in [0.25, 0.3) is 0 Å². The average Bonchev–Trinajstić information content (AvgIpc) is 2.47. The van der Waals surface area contributed by atoms with Crippen LogP contribution in [0.15, 0.2) is 30.3 Å². The molecule has 3 nitrogen and oxygen atoms in total. The normalized spacial score (nSPS) is 18.9. The van der Waals surface area contributed by atoms with Gasteiger partial charge in [0.15, 0.2) is 0 Å². The van der Waals surface area contributed by atoms with Crippen LogP contribution >= 0.6 is 0 Å². The van der Waals surface area contributed by atoms with E-state index >= 15 is 0 Å². The number of ether oxygens (including phenoxy) is 1. The van der Waals surface area contributed by atoms with E-state index in [0.29, 0.717) is 25.8 Å². The zero-order valence-electron chi connectivity index (χ0n) is 13.0. The number of aliphatic hydroxyl groups is 1. The highest BCUT2D eigenvalue weighted by atomic mass is 16.5. The van der Waals surface area contributed by atoms with Crippen LogP contribution in [0.4, 0.5) is 0 Å². The standard InChI is InChI=1S/C18H29NO2/c20-18(15-21-14-16-9-5-4-6-10-16)13-19-17-11-7-2-1-3-8-12-17/h4-6,9-10,17-20H,1-3,7-8,11-15H2. The van der Waals surface area contributed by atoms with E-state index in [0.717, 1.165) is 5.56 Å². The Balaban J connectivity index is 1.57. The van der Waals surface area contributed by atoms with E-state index < -0.39 is 6.10 Å². The fourth-order valence-electron chi connectivity index (χ4n) is 2.91. The van der Waals surface area contributed by atoms with Gasteiger partial charge in [-0.05, 0) is 18.4 Å². The van der Waals surface area contributed by atoms with Gasteiger partial charge in [0, 0.05) is 12.6 Å². The number of hydrogen-bond donors (Lipinski definition) is 2. The van der Waals surface area contributed by atoms with Crippen LogP contribution in [0.5, 0.6) is 0 Å². The topological polar surface area (TPSA) is 41.5 Å². The molecular weight excluding hydrogens is 262 g/mol. The van der Waals surface area contributed by atoms with Crippen LogP contribution in [-0.2, 0) is 11.3 Å². The van der Waals surface area contributed by atoms with Gasteiger partial charge in [-0.15, -0.1) is 0 Å². The average molecular weight is 291 g/mol. The minimum absolute atomic E-state index is 0.397. The molecule has 1 unspecified atom stereocenters. The number of benzene rings is 1. The van der Waals surface area contributed by atoms with E-state index in [-0.39, 0.29) is 0 Å². The van der Waals surface area contributed by atoms with E-state index in [1.165, 1.54) is 44.9 Å². The Labute approximate surface area is 128 Å². The van der Waals surface area contributed by atoms with Crippen LogP contribution in [0, 0.1) is 0 Å². The summed E-state index contributed by atoms with van der Waals surface area (Å²) >= 11 is 0. The van der Waals surface area contributed by atoms with Crippen molar-refractivity contribution in [2.75, 3.05) is 13.2 Å². The van der Waals surface area contributed by atoms with E-state index in [1.54, 1.807) is 0 Å². The molecule has 1 aliphatic rings. The van der Waals surface area contributed by atoms with Crippen molar-refractivity contribution in [3.63, 3.8) is 0 Å². The lowest BCUT2D eigenvalue weighted by Gasteiger charge is -2.22. The predicted molar refractivity (Wildman–Crippen MR) is 86.2 cm³/mol. The maximum atomic E-state index is 10.00. The summed E-state index contributed by atoms with van der Waals surface area (Å²) in [6.07, 6.45) is 8.83. The van der Waals surface area contributed by atoms with Crippen LogP contribution < -0.4 is 5.32 Å². The van der Waals surface area contributed by atoms with Crippen LogP contribution in [0.3, 0.4) is 0 Å². The molecule has 1 aliphatic carbocycles. The third kappa shape index (κ3) is 7.07. The third-order valence-corrected chi connectivity index (χ3v) is 4.17. The van der Waals surface area contributed by atoms with Gasteiger partial charge in [-0.25, -0.2) is 0 Å². The highest BCUT2D eigenvalue weighted by molar-refractivity contribution is 5.13. The van der Waals surface area contributed by atoms with Crippen LogP contribution in [0.1, 0.15) is 50.5 Å². The first-order chi connectivity index (χ1) is 10.3. The highest BCUT2D eigenvalue weighted by Gasteiger charge is 2.12. The van der Waals surface area contributed by atoms with Crippen molar-refractivity contribution >= 4 is 0 Å². The third-order valence-electron chi connectivity index (χ3n) is 4.17. The fraction of sp³-hybridized carbons (Fsp3) is 0.667. The summed E-state index contributed by atoms with van der Waals surface area (Å²) in [6, 6.07) is 10.7. The highest BCUT2D eigenvalue weighted by Crippen LogP contribution is 2.17. The summed E-state index contributed by atoms with van der Waals surface area (Å²) in [4.78, 5) is 0. The number of aliphatic hydroxyl groups excluding tert-OH is 1. The molecule has 1 saturated carbocycles. The summed E-state index contributed by atoms with van der Waals surface area (Å²) in [6.45, 7) is 1.61. The molecule has 2 rings (SSSR count). The van der Waals surface area contributed by atoms with Gasteiger partial charge in [-0.3, -0.25) is 0 Å². The minimum atomic E-state index is -0.417. The van der Waals surface area contributed by atoms with Crippen molar-refractivity contribution in [2.45, 2.75) is 63.7 Å². The Morgan fingerprint density at radius 3 is 2.43 bits per heavy atom.